The normalized spacial score (nSPS) is 21.1. The molecule has 1 unspecified atom stereocenters. The predicted molar refractivity (Wildman–Crippen MR) is 84.1 cm³/mol. The van der Waals surface area contributed by atoms with Gasteiger partial charge in [-0.15, -0.1) is 11.8 Å². The summed E-state index contributed by atoms with van der Waals surface area (Å²) in [7, 11) is 0. The van der Waals surface area contributed by atoms with Gasteiger partial charge in [-0.3, -0.25) is 4.79 Å². The van der Waals surface area contributed by atoms with E-state index in [0.29, 0.717) is 16.3 Å². The number of hydrogen-bond acceptors (Lipinski definition) is 3. The topological polar surface area (TPSA) is 49.3 Å². The number of nitrogens with one attached hydrogen (secondary N) is 1. The van der Waals surface area contributed by atoms with Crippen molar-refractivity contribution in [1.82, 2.24) is 0 Å². The molecule has 1 aliphatic heterocycles. The van der Waals surface area contributed by atoms with Crippen molar-refractivity contribution in [1.29, 1.82) is 0 Å². The van der Waals surface area contributed by atoms with E-state index < -0.39 is 0 Å². The van der Waals surface area contributed by atoms with Crippen LogP contribution in [0.15, 0.2) is 18.2 Å². The van der Waals surface area contributed by atoms with Crippen molar-refractivity contribution >= 4 is 35.0 Å². The van der Waals surface area contributed by atoms with Gasteiger partial charge in [-0.1, -0.05) is 23.4 Å². The zero-order valence-corrected chi connectivity index (χ0v) is 12.8. The third-order valence-electron chi connectivity index (χ3n) is 3.23. The molecule has 0 aliphatic carbocycles. The minimum Gasteiger partial charge on any atom is -0.384 e. The molecule has 1 saturated heterocycles. The van der Waals surface area contributed by atoms with E-state index in [1.165, 1.54) is 0 Å². The highest BCUT2D eigenvalue weighted by Crippen LogP contribution is 2.39. The summed E-state index contributed by atoms with van der Waals surface area (Å²) >= 11 is 7.79. The minimum atomic E-state index is -0.379. The van der Waals surface area contributed by atoms with Crippen molar-refractivity contribution < 1.29 is 9.90 Å². The van der Waals surface area contributed by atoms with Crippen LogP contribution in [0.2, 0.25) is 5.02 Å². The van der Waals surface area contributed by atoms with Gasteiger partial charge in [0.05, 0.1) is 15.5 Å². The number of amides is 1. The molecule has 106 valence electrons. The third-order valence-corrected chi connectivity index (χ3v) is 5.07. The first-order chi connectivity index (χ1) is 9.55. The fourth-order valence-electron chi connectivity index (χ4n) is 2.05. The Labute approximate surface area is 128 Å². The smallest absolute Gasteiger partial charge is 0.240 e. The van der Waals surface area contributed by atoms with Gasteiger partial charge in [-0.2, -0.15) is 0 Å². The maximum atomic E-state index is 12.3. The number of thioether (sulfide) groups is 1. The number of aliphatic hydroxyl groups excluding tert-OH is 1. The van der Waals surface area contributed by atoms with E-state index in [2.05, 4.69) is 17.2 Å². The maximum absolute atomic E-state index is 12.3. The van der Waals surface area contributed by atoms with Crippen LogP contribution in [0.3, 0.4) is 0 Å². The number of aliphatic hydroxyl groups is 1. The molecule has 20 heavy (non-hydrogen) atoms. The highest BCUT2D eigenvalue weighted by molar-refractivity contribution is 8.01. The fraction of sp³-hybridized carbons (Fsp3) is 0.400. The van der Waals surface area contributed by atoms with Crippen LogP contribution in [0.25, 0.3) is 0 Å². The monoisotopic (exact) mass is 309 g/mol. The van der Waals surface area contributed by atoms with Gasteiger partial charge in [-0.05, 0) is 43.7 Å². The zero-order chi connectivity index (χ0) is 14.6. The van der Waals surface area contributed by atoms with Gasteiger partial charge >= 0.3 is 0 Å². The van der Waals surface area contributed by atoms with Gasteiger partial charge < -0.3 is 10.4 Å². The standard InChI is InChI=1S/C15H16ClNO2S/c1-15(7-3-9-20-15)14(19)17-13-10-11(4-2-8-18)5-6-12(13)16/h5-6,10,18H,3,7-9H2,1H3,(H,17,19). The van der Waals surface area contributed by atoms with E-state index in [1.807, 2.05) is 6.92 Å². The van der Waals surface area contributed by atoms with Crippen LogP contribution in [0.4, 0.5) is 5.69 Å². The summed E-state index contributed by atoms with van der Waals surface area (Å²) in [5, 5.41) is 12.1. The van der Waals surface area contributed by atoms with Crippen LogP contribution in [0.1, 0.15) is 25.3 Å². The number of anilines is 1. The van der Waals surface area contributed by atoms with Gasteiger partial charge in [0.2, 0.25) is 5.91 Å². The molecule has 1 atom stereocenters. The maximum Gasteiger partial charge on any atom is 0.240 e. The van der Waals surface area contributed by atoms with E-state index in [1.54, 1.807) is 30.0 Å². The first-order valence-electron chi connectivity index (χ1n) is 6.40. The Morgan fingerprint density at radius 3 is 3.05 bits per heavy atom. The molecule has 1 amide bonds. The Kier molecular flexibility index (Phi) is 4.98. The molecule has 2 N–H and O–H groups in total. The highest BCUT2D eigenvalue weighted by atomic mass is 35.5. The van der Waals surface area contributed by atoms with E-state index in [4.69, 9.17) is 16.7 Å². The SMILES string of the molecule is CC1(C(=O)Nc2cc(C#CCO)ccc2Cl)CCCS1. The zero-order valence-electron chi connectivity index (χ0n) is 11.2. The Bertz CT molecular complexity index is 571. The van der Waals surface area contributed by atoms with Gasteiger partial charge in [0.15, 0.2) is 0 Å². The van der Waals surface area contributed by atoms with E-state index in [-0.39, 0.29) is 17.3 Å². The second kappa shape index (κ2) is 6.53. The van der Waals surface area contributed by atoms with Crippen molar-refractivity contribution in [2.45, 2.75) is 24.5 Å². The van der Waals surface area contributed by atoms with Crippen LogP contribution in [-0.4, -0.2) is 28.1 Å². The molecular formula is C15H16ClNO2S. The summed E-state index contributed by atoms with van der Waals surface area (Å²) in [6.45, 7) is 1.77. The lowest BCUT2D eigenvalue weighted by molar-refractivity contribution is -0.118. The quantitative estimate of drug-likeness (QED) is 0.826. The fourth-order valence-corrected chi connectivity index (χ4v) is 3.43. The first kappa shape index (κ1) is 15.2. The minimum absolute atomic E-state index is 0.0193. The largest absolute Gasteiger partial charge is 0.384 e. The molecule has 0 saturated carbocycles. The van der Waals surface area contributed by atoms with Gasteiger partial charge in [0, 0.05) is 5.56 Å². The Hall–Kier alpha value is -1.15. The lowest BCUT2D eigenvalue weighted by Crippen LogP contribution is -2.34. The van der Waals surface area contributed by atoms with Crippen molar-refractivity contribution in [3.8, 4) is 11.8 Å². The molecule has 1 heterocycles. The van der Waals surface area contributed by atoms with E-state index in [9.17, 15) is 4.79 Å². The lowest BCUT2D eigenvalue weighted by atomic mass is 10.0. The summed E-state index contributed by atoms with van der Waals surface area (Å²) in [5.74, 6) is 6.37. The summed E-state index contributed by atoms with van der Waals surface area (Å²) in [6.07, 6.45) is 1.94. The summed E-state index contributed by atoms with van der Waals surface area (Å²) < 4.78 is -0.379. The Morgan fingerprint density at radius 2 is 2.40 bits per heavy atom. The second-order valence-corrected chi connectivity index (χ2v) is 6.80. The number of benzene rings is 1. The Morgan fingerprint density at radius 1 is 1.60 bits per heavy atom. The van der Waals surface area contributed by atoms with Crippen LogP contribution < -0.4 is 5.32 Å². The van der Waals surface area contributed by atoms with Gasteiger partial charge in [0.1, 0.15) is 6.61 Å². The molecule has 0 spiro atoms. The first-order valence-corrected chi connectivity index (χ1v) is 7.76. The number of halogens is 1. The molecule has 1 aliphatic rings. The van der Waals surface area contributed by atoms with Crippen LogP contribution >= 0.6 is 23.4 Å². The molecule has 1 aromatic carbocycles. The molecular weight excluding hydrogens is 294 g/mol. The van der Waals surface area contributed by atoms with Gasteiger partial charge in [-0.25, -0.2) is 0 Å². The molecule has 3 nitrogen and oxygen atoms in total. The molecule has 1 aromatic rings. The van der Waals surface area contributed by atoms with Crippen LogP contribution in [0, 0.1) is 11.8 Å². The molecule has 2 rings (SSSR count). The van der Waals surface area contributed by atoms with Crippen LogP contribution in [-0.2, 0) is 4.79 Å². The lowest BCUT2D eigenvalue weighted by Gasteiger charge is -2.21. The van der Waals surface area contributed by atoms with E-state index in [0.717, 1.165) is 18.6 Å². The molecule has 1 fully saturated rings. The summed E-state index contributed by atoms with van der Waals surface area (Å²) in [5.41, 5.74) is 1.28. The average molecular weight is 310 g/mol. The summed E-state index contributed by atoms with van der Waals surface area (Å²) in [6, 6.07) is 5.18. The molecule has 5 heteroatoms. The van der Waals surface area contributed by atoms with E-state index >= 15 is 0 Å². The number of rotatable bonds is 2. The third kappa shape index (κ3) is 3.49. The van der Waals surface area contributed by atoms with Crippen molar-refractivity contribution in [3.63, 3.8) is 0 Å². The average Bonchev–Trinajstić information content (AvgIpc) is 2.88. The number of hydrogen-bond donors (Lipinski definition) is 2. The molecule has 0 radical (unpaired) electrons. The number of carbonyl (C=O) groups is 1. The van der Waals surface area contributed by atoms with Crippen molar-refractivity contribution in [2.24, 2.45) is 0 Å². The Balaban J connectivity index is 2.18. The molecule has 0 bridgehead atoms. The van der Waals surface area contributed by atoms with Crippen molar-refractivity contribution in [2.75, 3.05) is 17.7 Å². The van der Waals surface area contributed by atoms with Crippen molar-refractivity contribution in [3.05, 3.63) is 28.8 Å². The second-order valence-electron chi connectivity index (χ2n) is 4.79. The number of carbonyl (C=O) groups excluding carboxylic acids is 1. The summed E-state index contributed by atoms with van der Waals surface area (Å²) in [4.78, 5) is 12.3. The molecule has 0 aromatic heterocycles. The van der Waals surface area contributed by atoms with Gasteiger partial charge in [0.25, 0.3) is 0 Å². The highest BCUT2D eigenvalue weighted by Gasteiger charge is 2.37. The van der Waals surface area contributed by atoms with Crippen LogP contribution in [0.5, 0.6) is 0 Å². The predicted octanol–water partition coefficient (Wildman–Crippen LogP) is 2.91.